The van der Waals surface area contributed by atoms with Crippen molar-refractivity contribution in [3.05, 3.63) is 24.3 Å². The summed E-state index contributed by atoms with van der Waals surface area (Å²) in [5.74, 6) is -0.181. The highest BCUT2D eigenvalue weighted by molar-refractivity contribution is 7.47. The van der Waals surface area contributed by atoms with Crippen molar-refractivity contribution in [2.75, 3.05) is 40.9 Å². The molecule has 404 valence electrons. The van der Waals surface area contributed by atoms with Gasteiger partial charge >= 0.3 is 7.82 Å². The van der Waals surface area contributed by atoms with Gasteiger partial charge in [0.1, 0.15) is 13.2 Å². The van der Waals surface area contributed by atoms with Crippen LogP contribution in [0.15, 0.2) is 24.3 Å². The third-order valence-corrected chi connectivity index (χ3v) is 14.7. The summed E-state index contributed by atoms with van der Waals surface area (Å²) in [5, 5.41) is 13.9. The fourth-order valence-corrected chi connectivity index (χ4v) is 9.74. The van der Waals surface area contributed by atoms with Crippen molar-refractivity contribution < 1.29 is 32.9 Å². The van der Waals surface area contributed by atoms with E-state index in [1.54, 1.807) is 6.08 Å². The monoisotopic (exact) mass is 982 g/mol. The Kier molecular flexibility index (Phi) is 50.1. The summed E-state index contributed by atoms with van der Waals surface area (Å²) >= 11 is 0. The first kappa shape index (κ1) is 67.0. The number of carbonyl (C=O) groups excluding carboxylic acids is 1. The molecule has 3 atom stereocenters. The Balaban J connectivity index is 4.00. The van der Waals surface area contributed by atoms with E-state index in [1.165, 1.54) is 238 Å². The van der Waals surface area contributed by atoms with Crippen LogP contribution in [0.1, 0.15) is 296 Å². The minimum atomic E-state index is -4.35. The van der Waals surface area contributed by atoms with Gasteiger partial charge in [-0.05, 0) is 32.1 Å². The molecular formula is C59H118N2O6P+. The zero-order valence-electron chi connectivity index (χ0n) is 46.1. The Hall–Kier alpha value is -1.02. The third-order valence-electron chi connectivity index (χ3n) is 13.7. The molecule has 9 heteroatoms. The van der Waals surface area contributed by atoms with Crippen LogP contribution in [0, 0.1) is 0 Å². The molecule has 0 aliphatic carbocycles. The maximum atomic E-state index is 13.0. The number of carbonyl (C=O) groups is 1. The molecule has 0 radical (unpaired) electrons. The van der Waals surface area contributed by atoms with Crippen molar-refractivity contribution in [3.63, 3.8) is 0 Å². The van der Waals surface area contributed by atoms with Gasteiger partial charge in [-0.3, -0.25) is 13.8 Å². The molecule has 0 aliphatic heterocycles. The van der Waals surface area contributed by atoms with E-state index in [0.717, 1.165) is 38.5 Å². The predicted molar refractivity (Wildman–Crippen MR) is 295 cm³/mol. The fraction of sp³-hybridized carbons (Fsp3) is 0.915. The maximum absolute atomic E-state index is 13.0. The van der Waals surface area contributed by atoms with E-state index in [9.17, 15) is 19.4 Å². The van der Waals surface area contributed by atoms with Gasteiger partial charge in [-0.25, -0.2) is 4.57 Å². The first-order valence-electron chi connectivity index (χ1n) is 29.7. The van der Waals surface area contributed by atoms with Crippen LogP contribution in [0.5, 0.6) is 0 Å². The largest absolute Gasteiger partial charge is 0.472 e. The maximum Gasteiger partial charge on any atom is 0.472 e. The number of phosphoric acid groups is 1. The Morgan fingerprint density at radius 3 is 1.18 bits per heavy atom. The number of hydrogen-bond donors (Lipinski definition) is 3. The number of unbranched alkanes of at least 4 members (excludes halogenated alkanes) is 40. The lowest BCUT2D eigenvalue weighted by Crippen LogP contribution is -2.45. The number of aliphatic hydroxyl groups excluding tert-OH is 1. The lowest BCUT2D eigenvalue weighted by molar-refractivity contribution is -0.870. The first-order chi connectivity index (χ1) is 33.0. The minimum absolute atomic E-state index is 0.0586. The molecule has 0 aromatic rings. The summed E-state index contributed by atoms with van der Waals surface area (Å²) in [7, 11) is 1.57. The average Bonchev–Trinajstić information content (AvgIpc) is 3.30. The van der Waals surface area contributed by atoms with Crippen molar-refractivity contribution in [2.24, 2.45) is 0 Å². The molecule has 0 rings (SSSR count). The van der Waals surface area contributed by atoms with Gasteiger partial charge in [0.05, 0.1) is 39.9 Å². The van der Waals surface area contributed by atoms with E-state index >= 15 is 0 Å². The van der Waals surface area contributed by atoms with E-state index < -0.39 is 20.0 Å². The summed E-state index contributed by atoms with van der Waals surface area (Å²) in [6.07, 6.45) is 64.5. The summed E-state index contributed by atoms with van der Waals surface area (Å²) in [6, 6.07) is -0.859. The number of rotatable bonds is 55. The van der Waals surface area contributed by atoms with E-state index in [0.29, 0.717) is 17.4 Å². The molecule has 0 aliphatic rings. The molecule has 0 heterocycles. The van der Waals surface area contributed by atoms with Gasteiger partial charge in [-0.2, -0.15) is 0 Å². The predicted octanol–water partition coefficient (Wildman–Crippen LogP) is 18.0. The van der Waals surface area contributed by atoms with Crippen LogP contribution in [0.25, 0.3) is 0 Å². The summed E-state index contributed by atoms with van der Waals surface area (Å²) in [4.78, 5) is 23.3. The lowest BCUT2D eigenvalue weighted by atomic mass is 10.0. The standard InChI is InChI=1S/C59H117N2O6P/c1-6-8-10-12-14-16-18-20-22-23-24-25-26-27-28-29-30-31-32-33-34-35-36-37-38-39-41-43-45-47-49-51-53-59(63)60-57(56-67-68(64,65)66-55-54-61(3,4)5)58(62)52-50-48-46-44-42-40-21-19-17-15-13-11-9-7-2/h42,44,50,52,57-58,62H,6-41,43,45-49,51,53-56H2,1-5H3,(H-,60,63,64,65)/p+1/b44-42+,52-50+. The van der Waals surface area contributed by atoms with Crippen LogP contribution >= 0.6 is 7.82 Å². The zero-order valence-corrected chi connectivity index (χ0v) is 47.0. The van der Waals surface area contributed by atoms with Crippen LogP contribution in [0.2, 0.25) is 0 Å². The van der Waals surface area contributed by atoms with Crippen molar-refractivity contribution in [3.8, 4) is 0 Å². The molecule has 0 fully saturated rings. The van der Waals surface area contributed by atoms with Crippen molar-refractivity contribution in [2.45, 2.75) is 309 Å². The van der Waals surface area contributed by atoms with Crippen molar-refractivity contribution in [1.29, 1.82) is 0 Å². The number of likely N-dealkylation sites (N-methyl/N-ethyl adjacent to an activating group) is 1. The molecule has 3 unspecified atom stereocenters. The Morgan fingerprint density at radius 2 is 0.809 bits per heavy atom. The fourth-order valence-electron chi connectivity index (χ4n) is 9.00. The number of quaternary nitrogens is 1. The second-order valence-corrected chi connectivity index (χ2v) is 23.2. The Morgan fingerprint density at radius 1 is 0.485 bits per heavy atom. The van der Waals surface area contributed by atoms with E-state index in [2.05, 4.69) is 31.3 Å². The second kappa shape index (κ2) is 50.9. The van der Waals surface area contributed by atoms with Gasteiger partial charge in [-0.15, -0.1) is 0 Å². The summed E-state index contributed by atoms with van der Waals surface area (Å²) in [5.41, 5.74) is 0. The van der Waals surface area contributed by atoms with Crippen LogP contribution in [-0.4, -0.2) is 73.4 Å². The van der Waals surface area contributed by atoms with E-state index in [1.807, 2.05) is 27.2 Å². The quantitative estimate of drug-likeness (QED) is 0.0243. The SMILES string of the molecule is CCCCCCCCCC/C=C/CC/C=C/C(O)C(COP(=O)(O)OCC[N+](C)(C)C)NC(=O)CCCCCCCCCCCCCCCCCCCCCCCCCCCCCCCCCC. The Bertz CT molecular complexity index is 1160. The van der Waals surface area contributed by atoms with Gasteiger partial charge in [0.2, 0.25) is 5.91 Å². The number of nitrogens with one attached hydrogen (secondary N) is 1. The molecule has 1 amide bonds. The average molecular weight is 983 g/mol. The molecule has 8 nitrogen and oxygen atoms in total. The highest BCUT2D eigenvalue weighted by atomic mass is 31.2. The third kappa shape index (κ3) is 52.8. The smallest absolute Gasteiger partial charge is 0.387 e. The molecule has 0 saturated heterocycles. The highest BCUT2D eigenvalue weighted by Crippen LogP contribution is 2.43. The van der Waals surface area contributed by atoms with Crippen LogP contribution in [-0.2, 0) is 18.4 Å². The van der Waals surface area contributed by atoms with Gasteiger partial charge in [0.15, 0.2) is 0 Å². The second-order valence-electron chi connectivity index (χ2n) is 21.7. The molecule has 0 spiro atoms. The van der Waals surface area contributed by atoms with Crippen LogP contribution in [0.3, 0.4) is 0 Å². The lowest BCUT2D eigenvalue weighted by Gasteiger charge is -2.25. The zero-order chi connectivity index (χ0) is 49.9. The number of phosphoric ester groups is 1. The van der Waals surface area contributed by atoms with Crippen molar-refractivity contribution >= 4 is 13.7 Å². The first-order valence-corrected chi connectivity index (χ1v) is 31.2. The molecule has 0 aromatic carbocycles. The number of aliphatic hydroxyl groups is 1. The van der Waals surface area contributed by atoms with Crippen molar-refractivity contribution in [1.82, 2.24) is 5.32 Å². The van der Waals surface area contributed by atoms with Gasteiger partial charge in [0.25, 0.3) is 0 Å². The normalized spacial score (nSPS) is 14.0. The number of amides is 1. The van der Waals surface area contributed by atoms with Gasteiger partial charge < -0.3 is 19.8 Å². The molecular weight excluding hydrogens is 864 g/mol. The Labute approximate surface area is 424 Å². The number of nitrogens with zero attached hydrogens (tertiary/aromatic N) is 1. The van der Waals surface area contributed by atoms with Gasteiger partial charge in [-0.1, -0.05) is 282 Å². The van der Waals surface area contributed by atoms with E-state index in [4.69, 9.17) is 9.05 Å². The van der Waals surface area contributed by atoms with Crippen LogP contribution < -0.4 is 5.32 Å². The topological polar surface area (TPSA) is 105 Å². The minimum Gasteiger partial charge on any atom is -0.387 e. The highest BCUT2D eigenvalue weighted by Gasteiger charge is 2.27. The molecule has 3 N–H and O–H groups in total. The number of allylic oxidation sites excluding steroid dienone is 3. The molecule has 0 saturated carbocycles. The molecule has 0 aromatic heterocycles. The van der Waals surface area contributed by atoms with E-state index in [-0.39, 0.29) is 19.1 Å². The summed E-state index contributed by atoms with van der Waals surface area (Å²) in [6.45, 7) is 4.82. The molecule has 68 heavy (non-hydrogen) atoms. The van der Waals surface area contributed by atoms with Crippen LogP contribution in [0.4, 0.5) is 0 Å². The number of hydrogen-bond acceptors (Lipinski definition) is 5. The molecule has 0 bridgehead atoms. The summed E-state index contributed by atoms with van der Waals surface area (Å²) < 4.78 is 23.7. The van der Waals surface area contributed by atoms with Gasteiger partial charge in [0, 0.05) is 6.42 Å².